The van der Waals surface area contributed by atoms with Crippen molar-refractivity contribution in [1.29, 1.82) is 0 Å². The third kappa shape index (κ3) is 12.8. The van der Waals surface area contributed by atoms with Gasteiger partial charge in [0.05, 0.1) is 25.2 Å². The number of imidazole rings is 1. The van der Waals surface area contributed by atoms with E-state index >= 15 is 0 Å². The standard InChI is InChI=1S/C25H29F2N3O.C24H29F2NO3.CH4/c1-2-16-6-7-18-4-3-5-23(21(18)12-16)30-15-24(31)22(25-28-8-9-29-25)13-17-10-19(26)14-20(27)11-17;1-3-15-7-8-17-5-4-6-22(20(17)11-15)27-14-23(28)21(24(29)30-2)12-16-9-18(25)13-19(26)10-16;/h6-12,14,22-24,30-31H,2-5,13,15H2,1H3,(H,28,29);7-11,13,21-23,27-28H,3-6,12,14H2,1-2H3;1H4. The number of esters is 1. The molecule has 0 bridgehead atoms. The summed E-state index contributed by atoms with van der Waals surface area (Å²) in [7, 11) is 1.24. The van der Waals surface area contributed by atoms with Gasteiger partial charge in [-0.25, -0.2) is 22.5 Å². The number of aliphatic hydroxyl groups excluding tert-OH is 2. The third-order valence-corrected chi connectivity index (χ3v) is 12.1. The largest absolute Gasteiger partial charge is 0.469 e. The maximum Gasteiger partial charge on any atom is 0.311 e. The van der Waals surface area contributed by atoms with E-state index in [1.54, 1.807) is 12.4 Å². The molecular weight excluding hydrogens is 797 g/mol. The Morgan fingerprint density at radius 2 is 1.21 bits per heavy atom. The van der Waals surface area contributed by atoms with Gasteiger partial charge in [-0.3, -0.25) is 4.79 Å². The predicted octanol–water partition coefficient (Wildman–Crippen LogP) is 9.13. The van der Waals surface area contributed by atoms with Crippen LogP contribution in [0.3, 0.4) is 0 Å². The van der Waals surface area contributed by atoms with Gasteiger partial charge in [0.25, 0.3) is 0 Å². The molecule has 2 aliphatic carbocycles. The van der Waals surface area contributed by atoms with Gasteiger partial charge in [-0.05, 0) is 133 Å². The Hall–Kier alpha value is -4.88. The molecule has 6 atom stereocenters. The van der Waals surface area contributed by atoms with Crippen molar-refractivity contribution >= 4 is 5.97 Å². The molecule has 5 aromatic rings. The first-order chi connectivity index (χ1) is 29.4. The molecule has 334 valence electrons. The topological polar surface area (TPSA) is 120 Å². The molecule has 5 N–H and O–H groups in total. The van der Waals surface area contributed by atoms with E-state index in [4.69, 9.17) is 4.74 Å². The van der Waals surface area contributed by atoms with Crippen LogP contribution in [0.5, 0.6) is 0 Å². The fourth-order valence-corrected chi connectivity index (χ4v) is 8.76. The van der Waals surface area contributed by atoms with E-state index in [1.807, 2.05) is 0 Å². The zero-order chi connectivity index (χ0) is 43.5. The second-order valence-corrected chi connectivity index (χ2v) is 16.3. The van der Waals surface area contributed by atoms with Crippen LogP contribution in [-0.4, -0.2) is 58.6 Å². The van der Waals surface area contributed by atoms with Crippen LogP contribution in [0.1, 0.15) is 115 Å². The summed E-state index contributed by atoms with van der Waals surface area (Å²) in [6.45, 7) is 4.81. The average molecular weight is 859 g/mol. The van der Waals surface area contributed by atoms with E-state index in [1.165, 1.54) is 64.8 Å². The number of hydrogen-bond acceptors (Lipinski definition) is 7. The minimum Gasteiger partial charge on any atom is -0.469 e. The molecule has 1 heterocycles. The fraction of sp³-hybridized carbons (Fsp3) is 0.440. The summed E-state index contributed by atoms with van der Waals surface area (Å²) >= 11 is 0. The van der Waals surface area contributed by atoms with Crippen molar-refractivity contribution in [2.24, 2.45) is 5.92 Å². The van der Waals surface area contributed by atoms with Gasteiger partial charge >= 0.3 is 5.97 Å². The number of H-pyrrole nitrogens is 1. The Kier molecular flexibility index (Phi) is 17.9. The molecule has 0 saturated heterocycles. The lowest BCUT2D eigenvalue weighted by Crippen LogP contribution is -2.40. The summed E-state index contributed by atoms with van der Waals surface area (Å²) in [5.74, 6) is -4.00. The van der Waals surface area contributed by atoms with Gasteiger partial charge in [0.2, 0.25) is 0 Å². The summed E-state index contributed by atoms with van der Waals surface area (Å²) < 4.78 is 59.2. The lowest BCUT2D eigenvalue weighted by molar-refractivity contribution is -0.149. The molecule has 12 heteroatoms. The average Bonchev–Trinajstić information content (AvgIpc) is 3.79. The van der Waals surface area contributed by atoms with E-state index in [2.05, 4.69) is 70.8 Å². The molecule has 6 unspecified atom stereocenters. The van der Waals surface area contributed by atoms with E-state index in [-0.39, 0.29) is 38.9 Å². The first-order valence-electron chi connectivity index (χ1n) is 21.5. The van der Waals surface area contributed by atoms with Crippen molar-refractivity contribution in [3.05, 3.63) is 159 Å². The van der Waals surface area contributed by atoms with Crippen LogP contribution in [-0.2, 0) is 48.1 Å². The molecule has 2 aliphatic rings. The highest BCUT2D eigenvalue weighted by molar-refractivity contribution is 5.73. The van der Waals surface area contributed by atoms with Crippen LogP contribution in [0, 0.1) is 29.2 Å². The van der Waals surface area contributed by atoms with Crippen LogP contribution in [0.4, 0.5) is 17.6 Å². The van der Waals surface area contributed by atoms with E-state index < -0.39 is 53.3 Å². The van der Waals surface area contributed by atoms with Crippen molar-refractivity contribution in [1.82, 2.24) is 20.6 Å². The van der Waals surface area contributed by atoms with E-state index in [0.29, 0.717) is 23.5 Å². The molecule has 0 saturated carbocycles. The van der Waals surface area contributed by atoms with Gasteiger partial charge in [0, 0.05) is 55.6 Å². The van der Waals surface area contributed by atoms with Crippen LogP contribution in [0.15, 0.2) is 85.2 Å². The van der Waals surface area contributed by atoms with Crippen molar-refractivity contribution in [3.8, 4) is 0 Å². The summed E-state index contributed by atoms with van der Waals surface area (Å²) in [6, 6.07) is 20.1. The Morgan fingerprint density at radius 1 is 0.726 bits per heavy atom. The van der Waals surface area contributed by atoms with Crippen molar-refractivity contribution < 1.29 is 37.3 Å². The minimum atomic E-state index is -1.05. The Bertz CT molecular complexity index is 2160. The summed E-state index contributed by atoms with van der Waals surface area (Å²) in [6.07, 6.45) is 9.97. The molecule has 8 nitrogen and oxygen atoms in total. The second-order valence-electron chi connectivity index (χ2n) is 16.3. The van der Waals surface area contributed by atoms with Gasteiger partial charge < -0.3 is 30.6 Å². The first kappa shape index (κ1) is 48.2. The van der Waals surface area contributed by atoms with Crippen molar-refractivity contribution in [2.75, 3.05) is 20.2 Å². The second kappa shape index (κ2) is 23.0. The number of hydrogen-bond donors (Lipinski definition) is 5. The smallest absolute Gasteiger partial charge is 0.311 e. The molecule has 62 heavy (non-hydrogen) atoms. The zero-order valence-corrected chi connectivity index (χ0v) is 35.2. The highest BCUT2D eigenvalue weighted by atomic mass is 19.1. The van der Waals surface area contributed by atoms with Gasteiger partial charge in [0.1, 0.15) is 29.1 Å². The molecule has 0 spiro atoms. The normalized spacial score (nSPS) is 17.6. The van der Waals surface area contributed by atoms with Gasteiger partial charge in [-0.2, -0.15) is 0 Å². The number of ether oxygens (including phenoxy) is 1. The number of benzene rings is 4. The van der Waals surface area contributed by atoms with E-state index in [9.17, 15) is 32.6 Å². The molecular formula is C50H62F4N4O4. The highest BCUT2D eigenvalue weighted by Crippen LogP contribution is 2.33. The highest BCUT2D eigenvalue weighted by Gasteiger charge is 2.31. The number of aromatic nitrogens is 2. The van der Waals surface area contributed by atoms with Gasteiger partial charge in [-0.15, -0.1) is 0 Å². The van der Waals surface area contributed by atoms with Crippen LogP contribution in [0.2, 0.25) is 0 Å². The minimum absolute atomic E-state index is 0. The van der Waals surface area contributed by atoms with E-state index in [0.717, 1.165) is 63.5 Å². The number of halogens is 4. The summed E-state index contributed by atoms with van der Waals surface area (Å²) in [5, 5.41) is 28.7. The fourth-order valence-electron chi connectivity index (χ4n) is 8.76. The summed E-state index contributed by atoms with van der Waals surface area (Å²) in [5.41, 5.74) is 8.62. The number of aromatic amines is 1. The number of carbonyl (C=O) groups is 1. The lowest BCUT2D eigenvalue weighted by atomic mass is 9.85. The van der Waals surface area contributed by atoms with Crippen molar-refractivity contribution in [2.45, 2.75) is 116 Å². The van der Waals surface area contributed by atoms with Crippen LogP contribution < -0.4 is 10.6 Å². The zero-order valence-electron chi connectivity index (χ0n) is 35.2. The number of carbonyl (C=O) groups excluding carboxylic acids is 1. The SMILES string of the molecule is C.CCc1ccc2c(c1)C(NCC(O)C(Cc1cc(F)cc(F)c1)C(=O)OC)CCC2.CCc1ccc2c(c1)C(NCC(O)C(Cc1cc(F)cc(F)c1)c1ncc[nH]1)CCC2. The third-order valence-electron chi connectivity index (χ3n) is 12.1. The number of aliphatic hydroxyl groups is 2. The Labute approximate surface area is 363 Å². The van der Waals surface area contributed by atoms with Gasteiger partial charge in [-0.1, -0.05) is 57.7 Å². The lowest BCUT2D eigenvalue weighted by Gasteiger charge is -2.29. The van der Waals surface area contributed by atoms with Crippen LogP contribution in [0.25, 0.3) is 0 Å². The summed E-state index contributed by atoms with van der Waals surface area (Å²) in [4.78, 5) is 19.6. The van der Waals surface area contributed by atoms with Crippen molar-refractivity contribution in [3.63, 3.8) is 0 Å². The molecule has 1 aromatic heterocycles. The number of nitrogens with zero attached hydrogens (tertiary/aromatic N) is 1. The molecule has 0 fully saturated rings. The van der Waals surface area contributed by atoms with Crippen LogP contribution >= 0.6 is 0 Å². The van der Waals surface area contributed by atoms with Gasteiger partial charge in [0.15, 0.2) is 0 Å². The quantitative estimate of drug-likeness (QED) is 0.0496. The number of nitrogens with one attached hydrogen (secondary N) is 3. The maximum atomic E-state index is 13.7. The molecule has 4 aromatic carbocycles. The maximum absolute atomic E-state index is 13.7. The number of fused-ring (bicyclic) bond motifs is 2. The monoisotopic (exact) mass is 858 g/mol. The first-order valence-corrected chi connectivity index (χ1v) is 21.5. The number of methoxy groups -OCH3 is 1. The predicted molar refractivity (Wildman–Crippen MR) is 235 cm³/mol. The molecule has 7 rings (SSSR count). The molecule has 0 aliphatic heterocycles. The molecule has 0 amide bonds. The number of rotatable bonds is 16. The number of aryl methyl sites for hydroxylation is 4. The Morgan fingerprint density at radius 3 is 1.66 bits per heavy atom. The Balaban J connectivity index is 0.000000231. The molecule has 0 radical (unpaired) electrons.